The van der Waals surface area contributed by atoms with E-state index in [-0.39, 0.29) is 12.3 Å². The highest BCUT2D eigenvalue weighted by atomic mass is 16.5. The van der Waals surface area contributed by atoms with Crippen LogP contribution in [0.25, 0.3) is 5.69 Å². The van der Waals surface area contributed by atoms with E-state index in [9.17, 15) is 4.79 Å². The Labute approximate surface area is 179 Å². The number of hydrogen-bond donors (Lipinski definition) is 0. The average Bonchev–Trinajstić information content (AvgIpc) is 3.12. The maximum Gasteiger partial charge on any atom is 0.368 e. The number of benzene rings is 3. The van der Waals surface area contributed by atoms with Crippen LogP contribution in [0.5, 0.6) is 23.0 Å². The molecule has 0 aliphatic carbocycles. The fraction of sp³-hybridized carbons (Fsp3) is 0.174. The van der Waals surface area contributed by atoms with E-state index in [4.69, 9.17) is 14.2 Å². The predicted molar refractivity (Wildman–Crippen MR) is 115 cm³/mol. The average molecular weight is 418 g/mol. The van der Waals surface area contributed by atoms with Crippen molar-refractivity contribution in [3.8, 4) is 28.7 Å². The number of nitrogens with zero attached hydrogens (tertiary/aromatic N) is 4. The van der Waals surface area contributed by atoms with Crippen molar-refractivity contribution >= 4 is 0 Å². The SMILES string of the molecule is COc1cccc(-n2nnn(C)c2=O)c1COc1ccc(Oc2ccccc2C)cc1. The Morgan fingerprint density at radius 2 is 1.58 bits per heavy atom. The molecule has 31 heavy (non-hydrogen) atoms. The maximum absolute atomic E-state index is 12.3. The zero-order chi connectivity index (χ0) is 21.8. The number of tetrazole rings is 1. The molecule has 0 saturated carbocycles. The molecule has 1 heterocycles. The van der Waals surface area contributed by atoms with Gasteiger partial charge in [0.2, 0.25) is 0 Å². The Morgan fingerprint density at radius 3 is 2.26 bits per heavy atom. The first-order valence-electron chi connectivity index (χ1n) is 9.68. The molecular formula is C23H22N4O4. The number of rotatable bonds is 7. The Kier molecular flexibility index (Phi) is 5.70. The summed E-state index contributed by atoms with van der Waals surface area (Å²) in [6.45, 7) is 2.18. The number of aromatic nitrogens is 4. The normalized spacial score (nSPS) is 10.7. The van der Waals surface area contributed by atoms with Crippen LogP contribution in [0.1, 0.15) is 11.1 Å². The molecule has 4 rings (SSSR count). The van der Waals surface area contributed by atoms with Crippen molar-refractivity contribution in [3.63, 3.8) is 0 Å². The Balaban J connectivity index is 1.53. The first-order chi connectivity index (χ1) is 15.1. The summed E-state index contributed by atoms with van der Waals surface area (Å²) in [5.41, 5.74) is 1.95. The molecule has 8 heteroatoms. The molecule has 0 spiro atoms. The van der Waals surface area contributed by atoms with E-state index >= 15 is 0 Å². The molecule has 0 atom stereocenters. The minimum absolute atomic E-state index is 0.181. The van der Waals surface area contributed by atoms with Gasteiger partial charge in [0, 0.05) is 7.05 Å². The van der Waals surface area contributed by atoms with Gasteiger partial charge in [-0.15, -0.1) is 0 Å². The molecule has 0 fully saturated rings. The minimum Gasteiger partial charge on any atom is -0.496 e. The van der Waals surface area contributed by atoms with Gasteiger partial charge in [0.15, 0.2) is 0 Å². The molecule has 8 nitrogen and oxygen atoms in total. The summed E-state index contributed by atoms with van der Waals surface area (Å²) in [6.07, 6.45) is 0. The topological polar surface area (TPSA) is 80.4 Å². The quantitative estimate of drug-likeness (QED) is 0.456. The molecule has 0 aliphatic heterocycles. The monoisotopic (exact) mass is 418 g/mol. The van der Waals surface area contributed by atoms with E-state index in [1.165, 1.54) is 4.68 Å². The molecule has 3 aromatic carbocycles. The molecule has 0 bridgehead atoms. The summed E-state index contributed by atoms with van der Waals surface area (Å²) in [4.78, 5) is 12.3. The zero-order valence-electron chi connectivity index (χ0n) is 17.5. The second-order valence-corrected chi connectivity index (χ2v) is 6.88. The Hall–Kier alpha value is -4.07. The van der Waals surface area contributed by atoms with Gasteiger partial charge in [-0.2, -0.15) is 9.36 Å². The predicted octanol–water partition coefficient (Wildman–Crippen LogP) is 3.65. The minimum atomic E-state index is -0.354. The molecule has 0 N–H and O–H groups in total. The number of methoxy groups -OCH3 is 1. The van der Waals surface area contributed by atoms with Gasteiger partial charge >= 0.3 is 5.69 Å². The molecule has 0 unspecified atom stereocenters. The van der Waals surface area contributed by atoms with Gasteiger partial charge in [0.25, 0.3) is 0 Å². The van der Waals surface area contributed by atoms with Gasteiger partial charge < -0.3 is 14.2 Å². The van der Waals surface area contributed by atoms with Crippen LogP contribution >= 0.6 is 0 Å². The standard InChI is InChI=1S/C23H22N4O4/c1-16-7-4-5-9-21(16)31-18-13-11-17(12-14-18)30-15-19-20(8-6-10-22(19)29-3)27-23(28)26(2)24-25-27/h4-14H,15H2,1-3H3. The first kappa shape index (κ1) is 20.2. The van der Waals surface area contributed by atoms with Crippen LogP contribution in [-0.2, 0) is 13.7 Å². The summed E-state index contributed by atoms with van der Waals surface area (Å²) in [5.74, 6) is 2.77. The highest BCUT2D eigenvalue weighted by Gasteiger charge is 2.16. The molecular weight excluding hydrogens is 396 g/mol. The van der Waals surface area contributed by atoms with E-state index in [0.717, 1.165) is 16.0 Å². The van der Waals surface area contributed by atoms with Crippen LogP contribution in [0.15, 0.2) is 71.5 Å². The van der Waals surface area contributed by atoms with Crippen LogP contribution in [0.4, 0.5) is 0 Å². The van der Waals surface area contributed by atoms with E-state index < -0.39 is 0 Å². The number of ether oxygens (including phenoxy) is 3. The highest BCUT2D eigenvalue weighted by molar-refractivity contribution is 5.49. The molecule has 0 amide bonds. The smallest absolute Gasteiger partial charge is 0.368 e. The third-order valence-corrected chi connectivity index (χ3v) is 4.81. The summed E-state index contributed by atoms with van der Waals surface area (Å²) in [7, 11) is 3.11. The summed E-state index contributed by atoms with van der Waals surface area (Å²) >= 11 is 0. The van der Waals surface area contributed by atoms with Gasteiger partial charge in [-0.3, -0.25) is 0 Å². The van der Waals surface area contributed by atoms with Gasteiger partial charge in [-0.1, -0.05) is 24.3 Å². The summed E-state index contributed by atoms with van der Waals surface area (Å²) in [6, 6.07) is 20.6. The molecule has 158 valence electrons. The van der Waals surface area contributed by atoms with Crippen LogP contribution < -0.4 is 19.9 Å². The van der Waals surface area contributed by atoms with Crippen molar-refractivity contribution in [2.24, 2.45) is 7.05 Å². The molecule has 0 aliphatic rings. The Morgan fingerprint density at radius 1 is 0.871 bits per heavy atom. The fourth-order valence-electron chi connectivity index (χ4n) is 3.11. The molecule has 0 saturated heterocycles. The summed E-state index contributed by atoms with van der Waals surface area (Å²) < 4.78 is 19.7. The third kappa shape index (κ3) is 4.28. The van der Waals surface area contributed by atoms with Crippen molar-refractivity contribution in [1.82, 2.24) is 19.8 Å². The van der Waals surface area contributed by atoms with Crippen molar-refractivity contribution in [3.05, 3.63) is 88.3 Å². The lowest BCUT2D eigenvalue weighted by molar-refractivity contribution is 0.295. The van der Waals surface area contributed by atoms with Gasteiger partial charge in [0.1, 0.15) is 29.6 Å². The van der Waals surface area contributed by atoms with Crippen LogP contribution in [0.2, 0.25) is 0 Å². The lowest BCUT2D eigenvalue weighted by Crippen LogP contribution is -2.23. The summed E-state index contributed by atoms with van der Waals surface area (Å²) in [5, 5.41) is 7.70. The fourth-order valence-corrected chi connectivity index (χ4v) is 3.11. The van der Waals surface area contributed by atoms with Crippen LogP contribution in [0, 0.1) is 6.92 Å². The van der Waals surface area contributed by atoms with Crippen molar-refractivity contribution in [2.45, 2.75) is 13.5 Å². The second-order valence-electron chi connectivity index (χ2n) is 6.88. The maximum atomic E-state index is 12.3. The highest BCUT2D eigenvalue weighted by Crippen LogP contribution is 2.28. The van der Waals surface area contributed by atoms with Crippen molar-refractivity contribution in [2.75, 3.05) is 7.11 Å². The van der Waals surface area contributed by atoms with Gasteiger partial charge in [0.05, 0.1) is 18.4 Å². The second kappa shape index (κ2) is 8.74. The number of hydrogen-bond acceptors (Lipinski definition) is 6. The molecule has 4 aromatic rings. The van der Waals surface area contributed by atoms with E-state index in [1.54, 1.807) is 26.3 Å². The number of para-hydroxylation sites is 1. The van der Waals surface area contributed by atoms with Crippen LogP contribution in [-0.4, -0.2) is 26.9 Å². The van der Waals surface area contributed by atoms with E-state index in [2.05, 4.69) is 10.4 Å². The van der Waals surface area contributed by atoms with Crippen LogP contribution in [0.3, 0.4) is 0 Å². The zero-order valence-corrected chi connectivity index (χ0v) is 17.5. The Bertz CT molecular complexity index is 1250. The van der Waals surface area contributed by atoms with E-state index in [0.29, 0.717) is 28.5 Å². The van der Waals surface area contributed by atoms with E-state index in [1.807, 2.05) is 61.5 Å². The van der Waals surface area contributed by atoms with Gasteiger partial charge in [-0.05, 0) is 65.4 Å². The number of aryl methyl sites for hydroxylation is 2. The van der Waals surface area contributed by atoms with Crippen molar-refractivity contribution < 1.29 is 14.2 Å². The first-order valence-corrected chi connectivity index (χ1v) is 9.68. The third-order valence-electron chi connectivity index (χ3n) is 4.81. The molecule has 1 aromatic heterocycles. The lowest BCUT2D eigenvalue weighted by Gasteiger charge is -2.14. The molecule has 0 radical (unpaired) electrons. The largest absolute Gasteiger partial charge is 0.496 e. The lowest BCUT2D eigenvalue weighted by atomic mass is 10.1. The van der Waals surface area contributed by atoms with Crippen molar-refractivity contribution in [1.29, 1.82) is 0 Å². The van der Waals surface area contributed by atoms with Gasteiger partial charge in [-0.25, -0.2) is 4.79 Å².